The molecule has 0 saturated carbocycles. The molecule has 10 nitrogen and oxygen atoms in total. The van der Waals surface area contributed by atoms with E-state index in [1.807, 2.05) is 0 Å². The van der Waals surface area contributed by atoms with E-state index in [1.54, 1.807) is 26.1 Å². The first-order valence-corrected chi connectivity index (χ1v) is 9.35. The maximum atomic E-state index is 12.1. The molecule has 2 saturated heterocycles. The fourth-order valence-corrected chi connectivity index (χ4v) is 3.69. The number of amides is 4. The molecular weight excluding hydrogens is 364 g/mol. The van der Waals surface area contributed by atoms with E-state index in [1.165, 1.54) is 6.26 Å². The fraction of sp³-hybridized carbons (Fsp3) is 0.556. The number of hydrogen-bond donors (Lipinski definition) is 4. The second kappa shape index (κ2) is 8.32. The van der Waals surface area contributed by atoms with Crippen LogP contribution in [-0.2, 0) is 4.79 Å². The fourth-order valence-electron chi connectivity index (χ4n) is 3.69. The van der Waals surface area contributed by atoms with Crippen molar-refractivity contribution in [2.75, 3.05) is 33.2 Å². The Morgan fingerprint density at radius 2 is 2.04 bits per heavy atom. The highest BCUT2D eigenvalue weighted by atomic mass is 16.3. The molecule has 2 fully saturated rings. The second-order valence-electron chi connectivity index (χ2n) is 7.08. The highest BCUT2D eigenvalue weighted by Crippen LogP contribution is 2.30. The van der Waals surface area contributed by atoms with Gasteiger partial charge in [0.1, 0.15) is 5.54 Å². The number of nitrogens with zero attached hydrogens (tertiary/aromatic N) is 2. The van der Waals surface area contributed by atoms with Crippen LogP contribution in [0.5, 0.6) is 0 Å². The lowest BCUT2D eigenvalue weighted by molar-refractivity contribution is -0.125. The Labute approximate surface area is 163 Å². The summed E-state index contributed by atoms with van der Waals surface area (Å²) < 4.78 is 5.05. The topological polar surface area (TPSA) is 128 Å². The minimum absolute atomic E-state index is 0.0703. The highest BCUT2D eigenvalue weighted by Gasteiger charge is 2.48. The van der Waals surface area contributed by atoms with E-state index in [9.17, 15) is 14.4 Å². The monoisotopic (exact) mass is 390 g/mol. The van der Waals surface area contributed by atoms with Crippen LogP contribution < -0.4 is 21.3 Å². The Morgan fingerprint density at radius 1 is 1.32 bits per heavy atom. The number of aliphatic imine (C=N–C) groups is 1. The molecule has 1 atom stereocenters. The van der Waals surface area contributed by atoms with Gasteiger partial charge in [-0.2, -0.15) is 0 Å². The van der Waals surface area contributed by atoms with Gasteiger partial charge in [0.2, 0.25) is 0 Å². The van der Waals surface area contributed by atoms with Crippen molar-refractivity contribution in [1.29, 1.82) is 0 Å². The van der Waals surface area contributed by atoms with Crippen molar-refractivity contribution >= 4 is 23.8 Å². The van der Waals surface area contributed by atoms with Crippen LogP contribution in [0.1, 0.15) is 30.3 Å². The quantitative estimate of drug-likeness (QED) is 0.240. The molecule has 0 aliphatic carbocycles. The summed E-state index contributed by atoms with van der Waals surface area (Å²) in [7, 11) is 1.71. The molecule has 0 radical (unpaired) electrons. The molecule has 10 heteroatoms. The molecule has 1 unspecified atom stereocenters. The summed E-state index contributed by atoms with van der Waals surface area (Å²) in [5, 5.41) is 11.1. The molecule has 3 rings (SSSR count). The van der Waals surface area contributed by atoms with Crippen LogP contribution in [0, 0.1) is 5.92 Å². The van der Waals surface area contributed by atoms with E-state index in [-0.39, 0.29) is 23.5 Å². The van der Waals surface area contributed by atoms with Gasteiger partial charge in [0.15, 0.2) is 11.7 Å². The van der Waals surface area contributed by atoms with Crippen molar-refractivity contribution in [3.05, 3.63) is 24.2 Å². The molecule has 3 heterocycles. The van der Waals surface area contributed by atoms with E-state index in [0.717, 1.165) is 31.9 Å². The van der Waals surface area contributed by atoms with Crippen molar-refractivity contribution in [2.45, 2.75) is 25.3 Å². The first-order valence-electron chi connectivity index (χ1n) is 9.35. The van der Waals surface area contributed by atoms with Gasteiger partial charge in [-0.1, -0.05) is 0 Å². The molecule has 28 heavy (non-hydrogen) atoms. The molecule has 2 aliphatic heterocycles. The van der Waals surface area contributed by atoms with Crippen LogP contribution >= 0.6 is 0 Å². The zero-order valence-electron chi connectivity index (χ0n) is 16.1. The maximum Gasteiger partial charge on any atom is 0.322 e. The molecule has 1 aromatic rings. The van der Waals surface area contributed by atoms with E-state index in [0.29, 0.717) is 13.1 Å². The summed E-state index contributed by atoms with van der Waals surface area (Å²) in [6, 6.07) is 2.85. The van der Waals surface area contributed by atoms with Crippen LogP contribution in [0.15, 0.2) is 27.8 Å². The molecule has 0 spiro atoms. The number of piperidine rings is 1. The summed E-state index contributed by atoms with van der Waals surface area (Å²) in [5.74, 6) is 0.582. The second-order valence-corrected chi connectivity index (χ2v) is 7.08. The van der Waals surface area contributed by atoms with Gasteiger partial charge in [-0.25, -0.2) is 4.79 Å². The lowest BCUT2D eigenvalue weighted by atomic mass is 9.79. The summed E-state index contributed by atoms with van der Waals surface area (Å²) >= 11 is 0. The van der Waals surface area contributed by atoms with Crippen molar-refractivity contribution in [1.82, 2.24) is 26.2 Å². The van der Waals surface area contributed by atoms with Gasteiger partial charge in [-0.15, -0.1) is 0 Å². The number of hydrogen-bond acceptors (Lipinski definition) is 5. The Balaban J connectivity index is 1.43. The maximum absolute atomic E-state index is 12.1. The first-order chi connectivity index (χ1) is 13.4. The van der Waals surface area contributed by atoms with Crippen LogP contribution in [0.3, 0.4) is 0 Å². The summed E-state index contributed by atoms with van der Waals surface area (Å²) in [6.45, 7) is 4.18. The molecule has 4 N–H and O–H groups in total. The number of nitrogens with one attached hydrogen (secondary N) is 4. The van der Waals surface area contributed by atoms with Crippen molar-refractivity contribution < 1.29 is 18.8 Å². The third-order valence-corrected chi connectivity index (χ3v) is 5.33. The van der Waals surface area contributed by atoms with Crippen LogP contribution in [0.4, 0.5) is 4.79 Å². The molecule has 0 bridgehead atoms. The Morgan fingerprint density at radius 3 is 2.61 bits per heavy atom. The molecule has 2 aliphatic rings. The van der Waals surface area contributed by atoms with Crippen LogP contribution in [0.2, 0.25) is 0 Å². The largest absolute Gasteiger partial charge is 0.459 e. The van der Waals surface area contributed by atoms with Gasteiger partial charge >= 0.3 is 6.03 Å². The number of carbonyl (C=O) groups is 3. The van der Waals surface area contributed by atoms with Gasteiger partial charge in [0.05, 0.1) is 6.26 Å². The van der Waals surface area contributed by atoms with E-state index < -0.39 is 11.6 Å². The lowest BCUT2D eigenvalue weighted by Crippen LogP contribution is -2.55. The van der Waals surface area contributed by atoms with E-state index in [4.69, 9.17) is 4.42 Å². The molecule has 4 amide bonds. The lowest BCUT2D eigenvalue weighted by Gasteiger charge is -2.39. The molecule has 152 valence electrons. The molecule has 0 aromatic carbocycles. The zero-order chi connectivity index (χ0) is 20.1. The van der Waals surface area contributed by atoms with E-state index >= 15 is 0 Å². The van der Waals surface area contributed by atoms with Crippen molar-refractivity contribution in [3.8, 4) is 0 Å². The Kier molecular flexibility index (Phi) is 5.86. The Bertz CT molecular complexity index is 754. The average molecular weight is 390 g/mol. The predicted molar refractivity (Wildman–Crippen MR) is 102 cm³/mol. The number of imide groups is 1. The standard InChI is InChI=1S/C18H26N6O4/c1-18(15(26)22-17(27)23-18)12-5-9-24(10-6-12)16(19-2)21-8-7-20-14(25)13-4-3-11-28-13/h3-4,11-12H,5-10H2,1-2H3,(H,19,21)(H,20,25)(H2,22,23,26,27). The summed E-state index contributed by atoms with van der Waals surface area (Å²) in [5.41, 5.74) is -0.851. The number of urea groups is 1. The summed E-state index contributed by atoms with van der Waals surface area (Å²) in [6.07, 6.45) is 2.99. The number of rotatable bonds is 5. The first kappa shape index (κ1) is 19.7. The SMILES string of the molecule is CN=C(NCCNC(=O)c1ccco1)N1CCC(C2(C)NC(=O)NC2=O)CC1. The van der Waals surface area contributed by atoms with Gasteiger partial charge in [-0.3, -0.25) is 19.9 Å². The third kappa shape index (κ3) is 4.10. The summed E-state index contributed by atoms with van der Waals surface area (Å²) in [4.78, 5) is 41.8. The van der Waals surface area contributed by atoms with Crippen LogP contribution in [-0.4, -0.2) is 67.5 Å². The number of carbonyl (C=O) groups excluding carboxylic acids is 3. The molecular formula is C18H26N6O4. The number of likely N-dealkylation sites (tertiary alicyclic amines) is 1. The van der Waals surface area contributed by atoms with Crippen LogP contribution in [0.25, 0.3) is 0 Å². The zero-order valence-corrected chi connectivity index (χ0v) is 16.1. The minimum atomic E-state index is -0.851. The average Bonchev–Trinajstić information content (AvgIpc) is 3.31. The van der Waals surface area contributed by atoms with Gasteiger partial charge < -0.3 is 25.3 Å². The number of guanidine groups is 1. The third-order valence-electron chi connectivity index (χ3n) is 5.33. The molecule has 1 aromatic heterocycles. The Hall–Kier alpha value is -3.04. The number of furan rings is 1. The van der Waals surface area contributed by atoms with E-state index in [2.05, 4.69) is 31.2 Å². The smallest absolute Gasteiger partial charge is 0.322 e. The highest BCUT2D eigenvalue weighted by molar-refractivity contribution is 6.07. The minimum Gasteiger partial charge on any atom is -0.459 e. The van der Waals surface area contributed by atoms with Gasteiger partial charge in [-0.05, 0) is 37.8 Å². The normalized spacial score (nSPS) is 23.4. The van der Waals surface area contributed by atoms with Crippen molar-refractivity contribution in [2.24, 2.45) is 10.9 Å². The van der Waals surface area contributed by atoms with Gasteiger partial charge in [0, 0.05) is 33.2 Å². The van der Waals surface area contributed by atoms with Gasteiger partial charge in [0.25, 0.3) is 11.8 Å². The predicted octanol–water partition coefficient (Wildman–Crippen LogP) is -0.105. The van der Waals surface area contributed by atoms with Crippen molar-refractivity contribution in [3.63, 3.8) is 0 Å².